The van der Waals surface area contributed by atoms with Crippen molar-refractivity contribution in [1.82, 2.24) is 0 Å². The van der Waals surface area contributed by atoms with Crippen LogP contribution >= 0.6 is 0 Å². The van der Waals surface area contributed by atoms with Gasteiger partial charge in [0.2, 0.25) is 6.29 Å². The topological polar surface area (TPSA) is 43.1 Å². The van der Waals surface area contributed by atoms with Crippen LogP contribution in [0.1, 0.15) is 50.7 Å². The molecule has 0 unspecified atom stereocenters. The van der Waals surface area contributed by atoms with Gasteiger partial charge in [0.15, 0.2) is 0 Å². The van der Waals surface area contributed by atoms with Crippen molar-refractivity contribution in [2.75, 3.05) is 0 Å². The van der Waals surface area contributed by atoms with Crippen LogP contribution in [0.2, 0.25) is 0 Å². The smallest absolute Gasteiger partial charge is 0.233 e. The van der Waals surface area contributed by atoms with Crippen molar-refractivity contribution in [1.29, 1.82) is 0 Å². The molecule has 0 heterocycles. The largest absolute Gasteiger partial charge is 0.321 e. The average Bonchev–Trinajstić information content (AvgIpc) is 2.30. The van der Waals surface area contributed by atoms with Crippen molar-refractivity contribution in [2.45, 2.75) is 45.1 Å². The highest BCUT2D eigenvalue weighted by molar-refractivity contribution is 5.75. The molecule has 87 valence electrons. The lowest BCUT2D eigenvalue weighted by Crippen LogP contribution is -2.36. The predicted molar refractivity (Wildman–Crippen MR) is 66.9 cm³/mol. The van der Waals surface area contributed by atoms with Crippen LogP contribution in [0, 0.1) is 0 Å². The number of carbonyl (C=O) groups excluding carboxylic acids is 1. The predicted octanol–water partition coefficient (Wildman–Crippen LogP) is 2.90. The first-order chi connectivity index (χ1) is 7.66. The highest BCUT2D eigenvalue weighted by Crippen LogP contribution is 2.28. The highest BCUT2D eigenvalue weighted by Gasteiger charge is 2.24. The van der Waals surface area contributed by atoms with Crippen molar-refractivity contribution in [2.24, 2.45) is 5.73 Å². The Balaban J connectivity index is 2.95. The first-order valence-electron chi connectivity index (χ1n) is 5.94. The van der Waals surface area contributed by atoms with Crippen molar-refractivity contribution >= 4 is 6.29 Å². The summed E-state index contributed by atoms with van der Waals surface area (Å²) in [5.74, 6) is 0. The van der Waals surface area contributed by atoms with E-state index in [0.717, 1.165) is 31.2 Å². The van der Waals surface area contributed by atoms with E-state index in [9.17, 15) is 4.79 Å². The molecule has 2 nitrogen and oxygen atoms in total. The first kappa shape index (κ1) is 12.9. The van der Waals surface area contributed by atoms with Crippen LogP contribution in [-0.2, 0) is 10.3 Å². The van der Waals surface area contributed by atoms with E-state index in [4.69, 9.17) is 5.73 Å². The van der Waals surface area contributed by atoms with Crippen LogP contribution in [0.5, 0.6) is 0 Å². The molecule has 1 aromatic rings. The Labute approximate surface area is 97.9 Å². The molecule has 0 aromatic heterocycles. The van der Waals surface area contributed by atoms with Gasteiger partial charge in [0, 0.05) is 11.1 Å². The van der Waals surface area contributed by atoms with Crippen LogP contribution < -0.4 is 5.73 Å². The second-order valence-electron chi connectivity index (χ2n) is 4.34. The van der Waals surface area contributed by atoms with Crippen molar-refractivity contribution in [3.63, 3.8) is 0 Å². The molecule has 0 saturated carbocycles. The maximum absolute atomic E-state index is 10.5. The summed E-state index contributed by atoms with van der Waals surface area (Å²) < 4.78 is 0. The molecule has 2 N–H and O–H groups in total. The first-order valence-corrected chi connectivity index (χ1v) is 5.94. The van der Waals surface area contributed by atoms with Crippen LogP contribution in [-0.4, -0.2) is 6.29 Å². The van der Waals surface area contributed by atoms with E-state index in [-0.39, 0.29) is 5.54 Å². The van der Waals surface area contributed by atoms with Crippen molar-refractivity contribution in [3.8, 4) is 0 Å². The zero-order valence-electron chi connectivity index (χ0n) is 10.1. The lowest BCUT2D eigenvalue weighted by Gasteiger charge is -2.29. The minimum atomic E-state index is -0.245. The van der Waals surface area contributed by atoms with E-state index in [2.05, 4.69) is 13.8 Å². The fourth-order valence-corrected chi connectivity index (χ4v) is 2.18. The Hall–Kier alpha value is -1.15. The van der Waals surface area contributed by atoms with Gasteiger partial charge < -0.3 is 5.73 Å². The summed E-state index contributed by atoms with van der Waals surface area (Å²) in [6.07, 6.45) is 5.97. The van der Waals surface area contributed by atoms with E-state index in [1.165, 1.54) is 0 Å². The maximum atomic E-state index is 10.5. The maximum Gasteiger partial charge on any atom is 0.233 e. The van der Waals surface area contributed by atoms with Gasteiger partial charge >= 0.3 is 0 Å². The fourth-order valence-electron chi connectivity index (χ4n) is 2.18. The quantitative estimate of drug-likeness (QED) is 0.797. The molecule has 1 radical (unpaired) electrons. The number of benzene rings is 1. The number of hydrogen-bond donors (Lipinski definition) is 1. The van der Waals surface area contributed by atoms with E-state index in [1.54, 1.807) is 12.1 Å². The summed E-state index contributed by atoms with van der Waals surface area (Å²) in [6, 6.07) is 7.47. The molecule has 0 spiro atoms. The zero-order valence-corrected chi connectivity index (χ0v) is 10.1. The monoisotopic (exact) mass is 218 g/mol. The van der Waals surface area contributed by atoms with Crippen LogP contribution in [0.15, 0.2) is 24.3 Å². The second-order valence-corrected chi connectivity index (χ2v) is 4.34. The molecular weight excluding hydrogens is 198 g/mol. The molecular formula is C14H20NO. The lowest BCUT2D eigenvalue weighted by atomic mass is 9.82. The zero-order chi connectivity index (χ0) is 12.0. The summed E-state index contributed by atoms with van der Waals surface area (Å²) in [7, 11) is 0. The second kappa shape index (κ2) is 5.80. The number of hydrogen-bond acceptors (Lipinski definition) is 2. The van der Waals surface area contributed by atoms with Gasteiger partial charge in [-0.2, -0.15) is 0 Å². The van der Waals surface area contributed by atoms with E-state index in [0.29, 0.717) is 5.56 Å². The third kappa shape index (κ3) is 2.92. The third-order valence-electron chi connectivity index (χ3n) is 2.97. The Morgan fingerprint density at radius 3 is 2.00 bits per heavy atom. The van der Waals surface area contributed by atoms with Gasteiger partial charge in [0.05, 0.1) is 0 Å². The molecule has 2 heteroatoms. The van der Waals surface area contributed by atoms with Gasteiger partial charge in [0.25, 0.3) is 0 Å². The number of nitrogens with two attached hydrogens (primary N) is 1. The fraction of sp³-hybridized carbons (Fsp3) is 0.500. The van der Waals surface area contributed by atoms with Crippen LogP contribution in [0.3, 0.4) is 0 Å². The summed E-state index contributed by atoms with van der Waals surface area (Å²) in [5, 5.41) is 0. The molecule has 16 heavy (non-hydrogen) atoms. The van der Waals surface area contributed by atoms with Gasteiger partial charge in [0.1, 0.15) is 0 Å². The van der Waals surface area contributed by atoms with Gasteiger partial charge in [-0.25, -0.2) is 0 Å². The summed E-state index contributed by atoms with van der Waals surface area (Å²) >= 11 is 0. The van der Waals surface area contributed by atoms with Gasteiger partial charge in [-0.15, -0.1) is 0 Å². The summed E-state index contributed by atoms with van der Waals surface area (Å²) in [4.78, 5) is 10.5. The summed E-state index contributed by atoms with van der Waals surface area (Å²) in [6.45, 7) is 4.29. The molecule has 0 fully saturated rings. The van der Waals surface area contributed by atoms with Gasteiger partial charge in [-0.3, -0.25) is 4.79 Å². The Bertz CT molecular complexity index is 323. The van der Waals surface area contributed by atoms with Gasteiger partial charge in [-0.05, 0) is 18.4 Å². The molecule has 1 aromatic carbocycles. The molecule has 0 aliphatic carbocycles. The van der Waals surface area contributed by atoms with E-state index >= 15 is 0 Å². The van der Waals surface area contributed by atoms with Crippen LogP contribution in [0.4, 0.5) is 0 Å². The molecule has 0 amide bonds. The molecule has 0 atom stereocenters. The van der Waals surface area contributed by atoms with Crippen LogP contribution in [0.25, 0.3) is 0 Å². The molecule has 1 rings (SSSR count). The molecule has 0 saturated heterocycles. The standard InChI is InChI=1S/C14H20NO/c1-3-9-14(15,10-4-2)13-7-5-12(11-16)6-8-13/h5-8H,3-4,9-10,15H2,1-2H3. The van der Waals surface area contributed by atoms with Crippen molar-refractivity contribution in [3.05, 3.63) is 35.4 Å². The Morgan fingerprint density at radius 1 is 1.12 bits per heavy atom. The highest BCUT2D eigenvalue weighted by atomic mass is 16.1. The number of rotatable bonds is 6. The van der Waals surface area contributed by atoms with Gasteiger partial charge in [-0.1, -0.05) is 51.0 Å². The Morgan fingerprint density at radius 2 is 1.62 bits per heavy atom. The normalized spacial score (nSPS) is 11.4. The molecule has 0 aliphatic heterocycles. The van der Waals surface area contributed by atoms with E-state index < -0.39 is 0 Å². The molecule has 0 bridgehead atoms. The minimum Gasteiger partial charge on any atom is -0.321 e. The summed E-state index contributed by atoms with van der Waals surface area (Å²) in [5.41, 5.74) is 7.89. The van der Waals surface area contributed by atoms with E-state index in [1.807, 2.05) is 18.4 Å². The third-order valence-corrected chi connectivity index (χ3v) is 2.97. The molecule has 0 aliphatic rings. The van der Waals surface area contributed by atoms with Crippen molar-refractivity contribution < 1.29 is 4.79 Å². The lowest BCUT2D eigenvalue weighted by molar-refractivity contribution is 0.369. The SMILES string of the molecule is CCCC(N)(CCC)c1ccc([C]=O)cc1. The minimum absolute atomic E-state index is 0.245. The Kier molecular flexibility index (Phi) is 4.69. The average molecular weight is 218 g/mol.